The van der Waals surface area contributed by atoms with Crippen molar-refractivity contribution in [3.63, 3.8) is 0 Å². The maximum absolute atomic E-state index is 6.18. The number of benzene rings is 2. The Labute approximate surface area is 183 Å². The van der Waals surface area contributed by atoms with E-state index in [1.165, 1.54) is 33.4 Å². The van der Waals surface area contributed by atoms with Crippen molar-refractivity contribution in [3.8, 4) is 0 Å². The van der Waals surface area contributed by atoms with Crippen LogP contribution in [0.3, 0.4) is 0 Å². The first-order chi connectivity index (χ1) is 15.1. The fourth-order valence-electron chi connectivity index (χ4n) is 4.27. The van der Waals surface area contributed by atoms with E-state index >= 15 is 0 Å². The maximum Gasteiger partial charge on any atom is 0.0921 e. The predicted molar refractivity (Wildman–Crippen MR) is 123 cm³/mol. The van der Waals surface area contributed by atoms with E-state index < -0.39 is 0 Å². The second kappa shape index (κ2) is 9.31. The molecule has 0 unspecified atom stereocenters. The third kappa shape index (κ3) is 4.47. The van der Waals surface area contributed by atoms with Crippen molar-refractivity contribution in [1.29, 1.82) is 0 Å². The van der Waals surface area contributed by atoms with Crippen LogP contribution >= 0.6 is 0 Å². The molecule has 0 spiro atoms. The summed E-state index contributed by atoms with van der Waals surface area (Å²) in [5.41, 5.74) is 9.87. The number of nitrogens with one attached hydrogen (secondary N) is 2. The molecule has 0 aliphatic rings. The SMILES string of the molecule is Cc1c(COCc2cccc([C@H](C)c3cnc[nH]3)c2C)cccc1[C@H](C)c1cnc[nH]1. The highest BCUT2D eigenvalue weighted by Gasteiger charge is 2.16. The highest BCUT2D eigenvalue weighted by atomic mass is 16.5. The normalized spacial score (nSPS) is 13.3. The van der Waals surface area contributed by atoms with Crippen molar-refractivity contribution in [3.05, 3.63) is 106 Å². The van der Waals surface area contributed by atoms with Crippen LogP contribution in [0.25, 0.3) is 0 Å². The van der Waals surface area contributed by atoms with Gasteiger partial charge >= 0.3 is 0 Å². The molecule has 0 fully saturated rings. The monoisotopic (exact) mass is 414 g/mol. The van der Waals surface area contributed by atoms with Crippen LogP contribution < -0.4 is 0 Å². The van der Waals surface area contributed by atoms with E-state index in [1.807, 2.05) is 12.4 Å². The van der Waals surface area contributed by atoms with E-state index in [9.17, 15) is 0 Å². The van der Waals surface area contributed by atoms with Gasteiger partial charge in [0, 0.05) is 35.6 Å². The summed E-state index contributed by atoms with van der Waals surface area (Å²) in [5, 5.41) is 0. The summed E-state index contributed by atoms with van der Waals surface area (Å²) in [7, 11) is 0. The zero-order valence-electron chi connectivity index (χ0n) is 18.6. The van der Waals surface area contributed by atoms with Gasteiger partial charge in [0.05, 0.1) is 25.9 Å². The number of hydrogen-bond donors (Lipinski definition) is 2. The van der Waals surface area contributed by atoms with Crippen molar-refractivity contribution < 1.29 is 4.74 Å². The number of ether oxygens (including phenoxy) is 1. The van der Waals surface area contributed by atoms with Crippen molar-refractivity contribution in [2.45, 2.75) is 52.7 Å². The molecule has 5 nitrogen and oxygen atoms in total. The standard InChI is InChI=1S/C26H30N4O/c1-17-21(7-5-9-23(17)19(3)25-11-27-15-29-25)13-31-14-22-8-6-10-24(18(22)2)20(4)26-12-28-16-30-26/h5-12,15-16,19-20H,13-14H2,1-4H3,(H,27,29)(H,28,30)/t19-,20-/m0/s1. The van der Waals surface area contributed by atoms with Gasteiger partial charge in [-0.25, -0.2) is 9.97 Å². The Hall–Kier alpha value is -3.18. The molecule has 0 bridgehead atoms. The summed E-state index contributed by atoms with van der Waals surface area (Å²) in [4.78, 5) is 14.8. The lowest BCUT2D eigenvalue weighted by Gasteiger charge is -2.18. The predicted octanol–water partition coefficient (Wildman–Crippen LogP) is 5.77. The quantitative estimate of drug-likeness (QED) is 0.385. The number of H-pyrrole nitrogens is 2. The minimum absolute atomic E-state index is 0.269. The number of aromatic amines is 2. The van der Waals surface area contributed by atoms with Crippen LogP contribution in [0.2, 0.25) is 0 Å². The molecule has 0 radical (unpaired) electrons. The summed E-state index contributed by atoms with van der Waals surface area (Å²) in [5.74, 6) is 0.538. The third-order valence-corrected chi connectivity index (χ3v) is 6.40. The smallest absolute Gasteiger partial charge is 0.0921 e. The molecule has 31 heavy (non-hydrogen) atoms. The minimum Gasteiger partial charge on any atom is -0.372 e. The van der Waals surface area contributed by atoms with Gasteiger partial charge in [0.15, 0.2) is 0 Å². The second-order valence-corrected chi connectivity index (χ2v) is 8.21. The van der Waals surface area contributed by atoms with E-state index in [-0.39, 0.29) is 11.8 Å². The lowest BCUT2D eigenvalue weighted by atomic mass is 9.91. The fourth-order valence-corrected chi connectivity index (χ4v) is 4.27. The molecular formula is C26H30N4O. The van der Waals surface area contributed by atoms with Crippen LogP contribution in [0.5, 0.6) is 0 Å². The summed E-state index contributed by atoms with van der Waals surface area (Å²) >= 11 is 0. The van der Waals surface area contributed by atoms with E-state index in [0.717, 1.165) is 11.4 Å². The molecule has 2 N–H and O–H groups in total. The summed E-state index contributed by atoms with van der Waals surface area (Å²) < 4.78 is 6.18. The molecule has 0 aliphatic heterocycles. The average molecular weight is 415 g/mol. The van der Waals surface area contributed by atoms with Crippen LogP contribution in [-0.2, 0) is 18.0 Å². The summed E-state index contributed by atoms with van der Waals surface area (Å²) in [6.45, 7) is 9.95. The van der Waals surface area contributed by atoms with Gasteiger partial charge < -0.3 is 14.7 Å². The van der Waals surface area contributed by atoms with Crippen molar-refractivity contribution >= 4 is 0 Å². The fraction of sp³-hybridized carbons (Fsp3) is 0.308. The van der Waals surface area contributed by atoms with Gasteiger partial charge in [0.1, 0.15) is 0 Å². The van der Waals surface area contributed by atoms with Gasteiger partial charge in [0.2, 0.25) is 0 Å². The molecule has 2 aromatic carbocycles. The Balaban J connectivity index is 1.45. The molecule has 0 amide bonds. The van der Waals surface area contributed by atoms with Crippen LogP contribution in [0.4, 0.5) is 0 Å². The molecule has 4 aromatic rings. The zero-order valence-corrected chi connectivity index (χ0v) is 18.6. The lowest BCUT2D eigenvalue weighted by Crippen LogP contribution is -2.05. The van der Waals surface area contributed by atoms with Crippen LogP contribution in [0.1, 0.15) is 70.5 Å². The molecular weight excluding hydrogens is 384 g/mol. The molecule has 4 rings (SSSR count). The highest BCUT2D eigenvalue weighted by molar-refractivity contribution is 5.40. The van der Waals surface area contributed by atoms with Gasteiger partial charge in [-0.05, 0) is 47.2 Å². The highest BCUT2D eigenvalue weighted by Crippen LogP contribution is 2.29. The first-order valence-electron chi connectivity index (χ1n) is 10.8. The Kier molecular flexibility index (Phi) is 6.33. The van der Waals surface area contributed by atoms with Crippen molar-refractivity contribution in [2.75, 3.05) is 0 Å². The van der Waals surface area contributed by atoms with Crippen LogP contribution in [0, 0.1) is 13.8 Å². The third-order valence-electron chi connectivity index (χ3n) is 6.40. The molecule has 160 valence electrons. The number of hydrogen-bond acceptors (Lipinski definition) is 3. The first-order valence-corrected chi connectivity index (χ1v) is 10.8. The number of nitrogens with zero attached hydrogens (tertiary/aromatic N) is 2. The van der Waals surface area contributed by atoms with Gasteiger partial charge in [-0.3, -0.25) is 0 Å². The Bertz CT molecular complexity index is 1030. The van der Waals surface area contributed by atoms with Gasteiger partial charge in [-0.15, -0.1) is 0 Å². The van der Waals surface area contributed by atoms with Gasteiger partial charge in [0.25, 0.3) is 0 Å². The number of rotatable bonds is 8. The topological polar surface area (TPSA) is 66.6 Å². The number of aromatic nitrogens is 4. The molecule has 2 heterocycles. The second-order valence-electron chi connectivity index (χ2n) is 8.21. The Morgan fingerprint density at radius 2 is 1.19 bits per heavy atom. The van der Waals surface area contributed by atoms with Crippen LogP contribution in [0.15, 0.2) is 61.4 Å². The molecule has 2 atom stereocenters. The first kappa shape index (κ1) is 21.1. The molecule has 0 saturated heterocycles. The van der Waals surface area contributed by atoms with Crippen LogP contribution in [-0.4, -0.2) is 19.9 Å². The molecule has 5 heteroatoms. The maximum atomic E-state index is 6.18. The summed E-state index contributed by atoms with van der Waals surface area (Å²) in [6.07, 6.45) is 7.26. The minimum atomic E-state index is 0.269. The zero-order chi connectivity index (χ0) is 21.8. The molecule has 0 saturated carbocycles. The average Bonchev–Trinajstić information content (AvgIpc) is 3.50. The van der Waals surface area contributed by atoms with E-state index in [1.54, 1.807) is 12.7 Å². The Morgan fingerprint density at radius 3 is 1.58 bits per heavy atom. The van der Waals surface area contributed by atoms with Gasteiger partial charge in [-0.1, -0.05) is 50.2 Å². The van der Waals surface area contributed by atoms with Crippen molar-refractivity contribution in [2.24, 2.45) is 0 Å². The number of imidazole rings is 2. The largest absolute Gasteiger partial charge is 0.372 e. The molecule has 0 aliphatic carbocycles. The van der Waals surface area contributed by atoms with E-state index in [2.05, 4.69) is 84.0 Å². The lowest BCUT2D eigenvalue weighted by molar-refractivity contribution is 0.106. The van der Waals surface area contributed by atoms with E-state index in [4.69, 9.17) is 4.74 Å². The van der Waals surface area contributed by atoms with E-state index in [0.29, 0.717) is 13.2 Å². The molecule has 2 aromatic heterocycles. The summed E-state index contributed by atoms with van der Waals surface area (Å²) in [6, 6.07) is 12.9. The van der Waals surface area contributed by atoms with Crippen molar-refractivity contribution in [1.82, 2.24) is 19.9 Å². The Morgan fingerprint density at radius 1 is 0.742 bits per heavy atom. The van der Waals surface area contributed by atoms with Gasteiger partial charge in [-0.2, -0.15) is 0 Å².